The third-order valence-corrected chi connectivity index (χ3v) is 5.84. The maximum Gasteiger partial charge on any atom is 0.417 e. The number of carbonyl (C=O) groups excluding carboxylic acids is 1. The lowest BCUT2D eigenvalue weighted by molar-refractivity contribution is -0.140. The van der Waals surface area contributed by atoms with Gasteiger partial charge in [-0.15, -0.1) is 0 Å². The molecule has 1 aromatic heterocycles. The third-order valence-electron chi connectivity index (χ3n) is 5.02. The topological polar surface area (TPSA) is 66.9 Å². The van der Waals surface area contributed by atoms with Gasteiger partial charge in [-0.3, -0.25) is 15.6 Å². The molecule has 0 spiro atoms. The van der Waals surface area contributed by atoms with Crippen LogP contribution in [0.5, 0.6) is 0 Å². The van der Waals surface area contributed by atoms with Crippen LogP contribution in [-0.2, 0) is 6.18 Å². The van der Waals surface area contributed by atoms with Gasteiger partial charge in [0.15, 0.2) is 0 Å². The van der Waals surface area contributed by atoms with Crippen LogP contribution in [0.2, 0.25) is 10.0 Å². The number of anilines is 1. The van der Waals surface area contributed by atoms with Gasteiger partial charge in [-0.1, -0.05) is 41.9 Å². The molecule has 200 valence electrons. The van der Waals surface area contributed by atoms with Gasteiger partial charge in [0.1, 0.15) is 11.7 Å². The zero-order valence-electron chi connectivity index (χ0n) is 18.8. The summed E-state index contributed by atoms with van der Waals surface area (Å²) < 4.78 is 97.7. The summed E-state index contributed by atoms with van der Waals surface area (Å²) in [7, 11) is 0. The van der Waals surface area contributed by atoms with Gasteiger partial charge in [-0.25, -0.2) is 14.4 Å². The lowest BCUT2D eigenvalue weighted by Gasteiger charge is -2.19. The third kappa shape index (κ3) is 6.81. The highest BCUT2D eigenvalue weighted by molar-refractivity contribution is 6.43. The molecule has 1 amide bonds. The fourth-order valence-electron chi connectivity index (χ4n) is 3.25. The van der Waals surface area contributed by atoms with Crippen LogP contribution in [0.15, 0.2) is 61.4 Å². The molecule has 38 heavy (non-hydrogen) atoms. The minimum Gasteiger partial charge on any atom is -0.267 e. The lowest BCUT2D eigenvalue weighted by atomic mass is 9.94. The molecule has 0 aliphatic rings. The van der Waals surface area contributed by atoms with Gasteiger partial charge in [0.25, 0.3) is 5.91 Å². The summed E-state index contributed by atoms with van der Waals surface area (Å²) >= 11 is 11.8. The van der Waals surface area contributed by atoms with Crippen LogP contribution in [-0.4, -0.2) is 22.1 Å². The van der Waals surface area contributed by atoms with Gasteiger partial charge < -0.3 is 0 Å². The number of alkyl halides is 6. The van der Waals surface area contributed by atoms with E-state index in [0.29, 0.717) is 6.07 Å². The number of rotatable bonds is 7. The lowest BCUT2D eigenvalue weighted by Crippen LogP contribution is -2.32. The zero-order chi connectivity index (χ0) is 28.3. The predicted molar refractivity (Wildman–Crippen MR) is 129 cm³/mol. The summed E-state index contributed by atoms with van der Waals surface area (Å²) in [5, 5.41) is -0.334. The second-order valence-electron chi connectivity index (χ2n) is 7.55. The maximum absolute atomic E-state index is 15.0. The molecule has 3 aromatic rings. The summed E-state index contributed by atoms with van der Waals surface area (Å²) in [6, 6.07) is 4.92. The van der Waals surface area contributed by atoms with Crippen molar-refractivity contribution < 1.29 is 35.5 Å². The van der Waals surface area contributed by atoms with E-state index in [-0.39, 0.29) is 33.7 Å². The number of carbonyl (C=O) groups is 1. The Bertz CT molecular complexity index is 1380. The standard InChI is InChI=1S/C24H15Cl2F7N4O/c1-2-12-8-14(10-18(25)20(12)26)16(23(28,29)30)11-19(27)13-4-5-15(17(9-13)24(31,32)33)21(38)36-37-22-34-6-3-7-35-22/h2-11,16H,1H2,(H,36,38)(H,34,35,37). The number of hydrogen-bond acceptors (Lipinski definition) is 4. The normalized spacial score (nSPS) is 13.1. The van der Waals surface area contributed by atoms with Gasteiger partial charge in [0, 0.05) is 18.0 Å². The Morgan fingerprint density at radius 2 is 1.68 bits per heavy atom. The largest absolute Gasteiger partial charge is 0.417 e. The molecule has 1 unspecified atom stereocenters. The number of allylic oxidation sites excluding steroid dienone is 1. The van der Waals surface area contributed by atoms with Crippen molar-refractivity contribution in [3.63, 3.8) is 0 Å². The van der Waals surface area contributed by atoms with Crippen molar-refractivity contribution in [1.82, 2.24) is 15.4 Å². The molecule has 0 aliphatic carbocycles. The van der Waals surface area contributed by atoms with Crippen molar-refractivity contribution >= 4 is 47.0 Å². The zero-order valence-corrected chi connectivity index (χ0v) is 20.3. The summed E-state index contributed by atoms with van der Waals surface area (Å²) in [6.45, 7) is 3.43. The average Bonchev–Trinajstić information content (AvgIpc) is 2.86. The fourth-order valence-corrected chi connectivity index (χ4v) is 3.67. The van der Waals surface area contributed by atoms with Gasteiger partial charge >= 0.3 is 12.4 Å². The summed E-state index contributed by atoms with van der Waals surface area (Å²) in [6.07, 6.45) is -6.35. The smallest absolute Gasteiger partial charge is 0.267 e. The number of nitrogens with zero attached hydrogens (tertiary/aromatic N) is 2. The van der Waals surface area contributed by atoms with Gasteiger partial charge in [0.05, 0.1) is 21.2 Å². The number of amides is 1. The van der Waals surface area contributed by atoms with Crippen LogP contribution < -0.4 is 10.9 Å². The van der Waals surface area contributed by atoms with Crippen LogP contribution in [0.3, 0.4) is 0 Å². The first-order chi connectivity index (χ1) is 17.7. The van der Waals surface area contributed by atoms with E-state index in [2.05, 4.69) is 22.0 Å². The molecule has 0 fully saturated rings. The second-order valence-corrected chi connectivity index (χ2v) is 8.34. The van der Waals surface area contributed by atoms with E-state index in [9.17, 15) is 31.1 Å². The Hall–Kier alpha value is -3.64. The van der Waals surface area contributed by atoms with Gasteiger partial charge in [0.2, 0.25) is 5.95 Å². The van der Waals surface area contributed by atoms with Crippen LogP contribution >= 0.6 is 23.2 Å². The number of nitrogens with one attached hydrogen (secondary N) is 2. The van der Waals surface area contributed by atoms with E-state index in [4.69, 9.17) is 23.2 Å². The number of aromatic nitrogens is 2. The molecule has 0 radical (unpaired) electrons. The molecule has 1 atom stereocenters. The molecule has 0 saturated carbocycles. The summed E-state index contributed by atoms with van der Waals surface area (Å²) in [4.78, 5) is 19.8. The molecule has 0 bridgehead atoms. The van der Waals surface area contributed by atoms with E-state index in [1.165, 1.54) is 18.5 Å². The van der Waals surface area contributed by atoms with E-state index < -0.39 is 52.3 Å². The monoisotopic (exact) mass is 578 g/mol. The molecule has 5 nitrogen and oxygen atoms in total. The van der Waals surface area contributed by atoms with Crippen molar-refractivity contribution in [2.45, 2.75) is 18.3 Å². The summed E-state index contributed by atoms with van der Waals surface area (Å²) in [5.41, 5.74) is 0.355. The first-order valence-electron chi connectivity index (χ1n) is 10.3. The number of hydrazine groups is 1. The van der Waals surface area contributed by atoms with Crippen LogP contribution in [0.4, 0.5) is 36.7 Å². The van der Waals surface area contributed by atoms with Gasteiger partial charge in [-0.05, 0) is 47.5 Å². The van der Waals surface area contributed by atoms with Crippen molar-refractivity contribution in [1.29, 1.82) is 0 Å². The highest BCUT2D eigenvalue weighted by Crippen LogP contribution is 2.42. The van der Waals surface area contributed by atoms with Crippen molar-refractivity contribution in [2.75, 3.05) is 5.43 Å². The molecule has 3 rings (SSSR count). The quantitative estimate of drug-likeness (QED) is 0.221. The molecule has 2 aromatic carbocycles. The first-order valence-corrected chi connectivity index (χ1v) is 11.1. The fraction of sp³-hybridized carbons (Fsp3) is 0.125. The minimum atomic E-state index is -5.15. The Morgan fingerprint density at radius 1 is 1.03 bits per heavy atom. The van der Waals surface area contributed by atoms with Crippen molar-refractivity contribution in [2.24, 2.45) is 0 Å². The van der Waals surface area contributed by atoms with E-state index >= 15 is 4.39 Å². The minimum absolute atomic E-state index is 0.0430. The molecular weight excluding hydrogens is 564 g/mol. The SMILES string of the molecule is C=Cc1cc(C(C=C(F)c2ccc(C(=O)NNc3ncccn3)c(C(F)(F)F)c2)C(F)(F)F)cc(Cl)c1Cl. The number of benzene rings is 2. The first kappa shape index (κ1) is 28.9. The van der Waals surface area contributed by atoms with Crippen LogP contribution in [0.1, 0.15) is 38.5 Å². The predicted octanol–water partition coefficient (Wildman–Crippen LogP) is 7.86. The number of hydrogen-bond donors (Lipinski definition) is 2. The molecule has 1 heterocycles. The summed E-state index contributed by atoms with van der Waals surface area (Å²) in [5.74, 6) is -5.61. The van der Waals surface area contributed by atoms with Crippen molar-refractivity contribution in [3.8, 4) is 0 Å². The Morgan fingerprint density at radius 3 is 2.26 bits per heavy atom. The van der Waals surface area contributed by atoms with E-state index in [1.54, 1.807) is 0 Å². The molecule has 14 heteroatoms. The Balaban J connectivity index is 2.01. The maximum atomic E-state index is 15.0. The molecule has 0 aliphatic heterocycles. The molecule has 0 saturated heterocycles. The Kier molecular flexibility index (Phi) is 8.68. The molecule has 2 N–H and O–H groups in total. The van der Waals surface area contributed by atoms with Gasteiger partial charge in [-0.2, -0.15) is 26.3 Å². The molecular formula is C24H15Cl2F7N4O. The van der Waals surface area contributed by atoms with E-state index in [0.717, 1.165) is 24.3 Å². The van der Waals surface area contributed by atoms with Crippen molar-refractivity contribution in [3.05, 3.63) is 99.3 Å². The van der Waals surface area contributed by atoms with Crippen LogP contribution in [0, 0.1) is 0 Å². The number of halogens is 9. The Labute approximate surface area is 221 Å². The van der Waals surface area contributed by atoms with Crippen LogP contribution in [0.25, 0.3) is 11.9 Å². The second kappa shape index (κ2) is 11.4. The highest BCUT2D eigenvalue weighted by atomic mass is 35.5. The van der Waals surface area contributed by atoms with E-state index in [1.807, 2.05) is 5.43 Å². The highest BCUT2D eigenvalue weighted by Gasteiger charge is 2.41. The average molecular weight is 579 g/mol.